The van der Waals surface area contributed by atoms with Crippen LogP contribution in [-0.4, -0.2) is 4.92 Å². The fraction of sp³-hybridized carbons (Fsp3) is 0.231. The number of hydrogen-bond donors (Lipinski definition) is 1. The number of nitro groups is 1. The summed E-state index contributed by atoms with van der Waals surface area (Å²) in [7, 11) is 0. The molecular weight excluding hydrogens is 284 g/mol. The molecule has 0 atom stereocenters. The fourth-order valence-electron chi connectivity index (χ4n) is 1.75. The number of nitrogens with zero attached hydrogens (tertiary/aromatic N) is 1. The lowest BCUT2D eigenvalue weighted by molar-refractivity contribution is -0.385. The van der Waals surface area contributed by atoms with Crippen molar-refractivity contribution < 1.29 is 4.92 Å². The van der Waals surface area contributed by atoms with Gasteiger partial charge in [0.1, 0.15) is 0 Å². The maximum absolute atomic E-state index is 10.9. The third kappa shape index (κ3) is 3.53. The number of nitro benzene ring substituents is 1. The number of thiophene rings is 1. The zero-order chi connectivity index (χ0) is 13.8. The van der Waals surface area contributed by atoms with Crippen molar-refractivity contribution in [2.75, 3.05) is 0 Å². The van der Waals surface area contributed by atoms with Crippen molar-refractivity contribution in [1.29, 1.82) is 0 Å². The standard InChI is InChI=1S/C13H13ClN2O2S/c1-9-4-5-19-13(9)8-15-7-10-2-3-11(14)6-12(10)16(17)18/h2-6,15H,7-8H2,1H3. The number of aryl methyl sites for hydroxylation is 1. The first-order chi connectivity index (χ1) is 9.08. The highest BCUT2D eigenvalue weighted by molar-refractivity contribution is 7.10. The van der Waals surface area contributed by atoms with E-state index in [4.69, 9.17) is 11.6 Å². The molecule has 1 N–H and O–H groups in total. The molecule has 2 aromatic rings. The van der Waals surface area contributed by atoms with Gasteiger partial charge >= 0.3 is 0 Å². The zero-order valence-corrected chi connectivity index (χ0v) is 11.9. The Morgan fingerprint density at radius 1 is 1.37 bits per heavy atom. The van der Waals surface area contributed by atoms with E-state index in [2.05, 4.69) is 18.3 Å². The first-order valence-electron chi connectivity index (χ1n) is 5.74. The van der Waals surface area contributed by atoms with E-state index in [9.17, 15) is 10.1 Å². The van der Waals surface area contributed by atoms with Crippen LogP contribution in [0.1, 0.15) is 16.0 Å². The van der Waals surface area contributed by atoms with E-state index in [0.29, 0.717) is 23.7 Å². The lowest BCUT2D eigenvalue weighted by atomic mass is 10.2. The number of hydrogen-bond acceptors (Lipinski definition) is 4. The van der Waals surface area contributed by atoms with E-state index in [1.165, 1.54) is 16.5 Å². The molecule has 0 aliphatic heterocycles. The van der Waals surface area contributed by atoms with E-state index in [-0.39, 0.29) is 5.69 Å². The number of nitrogens with one attached hydrogen (secondary N) is 1. The summed E-state index contributed by atoms with van der Waals surface area (Å²) in [4.78, 5) is 11.8. The highest BCUT2D eigenvalue weighted by atomic mass is 35.5. The highest BCUT2D eigenvalue weighted by Gasteiger charge is 2.13. The van der Waals surface area contributed by atoms with Crippen LogP contribution < -0.4 is 5.32 Å². The second kappa shape index (κ2) is 6.14. The topological polar surface area (TPSA) is 55.2 Å². The van der Waals surface area contributed by atoms with Gasteiger partial charge in [-0.2, -0.15) is 0 Å². The normalized spacial score (nSPS) is 10.6. The number of halogens is 1. The van der Waals surface area contributed by atoms with E-state index in [1.807, 2.05) is 5.38 Å². The average Bonchev–Trinajstić information content (AvgIpc) is 2.77. The molecule has 0 bridgehead atoms. The van der Waals surface area contributed by atoms with E-state index < -0.39 is 4.92 Å². The largest absolute Gasteiger partial charge is 0.308 e. The van der Waals surface area contributed by atoms with Gasteiger partial charge in [0.2, 0.25) is 0 Å². The Hall–Kier alpha value is -1.43. The Morgan fingerprint density at radius 3 is 2.79 bits per heavy atom. The van der Waals surface area contributed by atoms with Gasteiger partial charge in [0.25, 0.3) is 5.69 Å². The summed E-state index contributed by atoms with van der Waals surface area (Å²) in [6.07, 6.45) is 0. The second-order valence-corrected chi connectivity index (χ2v) is 5.60. The predicted octanol–water partition coefficient (Wildman–Crippen LogP) is 3.91. The first kappa shape index (κ1) is 14.0. The lowest BCUT2D eigenvalue weighted by Crippen LogP contribution is -2.13. The molecule has 0 amide bonds. The van der Waals surface area contributed by atoms with Crippen molar-refractivity contribution in [1.82, 2.24) is 5.32 Å². The van der Waals surface area contributed by atoms with Crippen molar-refractivity contribution >= 4 is 28.6 Å². The van der Waals surface area contributed by atoms with Crippen LogP contribution in [0.15, 0.2) is 29.6 Å². The summed E-state index contributed by atoms with van der Waals surface area (Å²) in [5.41, 5.74) is 1.94. The van der Waals surface area contributed by atoms with Gasteiger partial charge < -0.3 is 5.32 Å². The summed E-state index contributed by atoms with van der Waals surface area (Å²) in [6.45, 7) is 3.21. The third-order valence-electron chi connectivity index (χ3n) is 2.81. The molecule has 0 aliphatic rings. The smallest absolute Gasteiger partial charge is 0.275 e. The monoisotopic (exact) mass is 296 g/mol. The molecule has 1 aromatic heterocycles. The minimum atomic E-state index is -0.403. The van der Waals surface area contributed by atoms with Gasteiger partial charge in [-0.1, -0.05) is 11.6 Å². The average molecular weight is 297 g/mol. The van der Waals surface area contributed by atoms with Gasteiger partial charge in [-0.15, -0.1) is 11.3 Å². The third-order valence-corrected chi connectivity index (χ3v) is 4.07. The Morgan fingerprint density at radius 2 is 2.16 bits per heavy atom. The quantitative estimate of drug-likeness (QED) is 0.672. The van der Waals surface area contributed by atoms with Gasteiger partial charge in [-0.3, -0.25) is 10.1 Å². The van der Waals surface area contributed by atoms with Gasteiger partial charge in [0, 0.05) is 34.6 Å². The van der Waals surface area contributed by atoms with Crippen LogP contribution in [0.2, 0.25) is 5.02 Å². The summed E-state index contributed by atoms with van der Waals surface area (Å²) >= 11 is 7.45. The molecule has 6 heteroatoms. The molecule has 1 heterocycles. The van der Waals surface area contributed by atoms with Gasteiger partial charge in [-0.05, 0) is 36.1 Å². The molecule has 0 unspecified atom stereocenters. The first-order valence-corrected chi connectivity index (χ1v) is 7.00. The summed E-state index contributed by atoms with van der Waals surface area (Å²) < 4.78 is 0. The molecule has 2 rings (SSSR count). The van der Waals surface area contributed by atoms with Gasteiger partial charge in [0.05, 0.1) is 4.92 Å². The van der Waals surface area contributed by atoms with Crippen molar-refractivity contribution in [3.63, 3.8) is 0 Å². The minimum Gasteiger partial charge on any atom is -0.308 e. The van der Waals surface area contributed by atoms with E-state index in [0.717, 1.165) is 0 Å². The van der Waals surface area contributed by atoms with Crippen LogP contribution in [0, 0.1) is 17.0 Å². The SMILES string of the molecule is Cc1ccsc1CNCc1ccc(Cl)cc1[N+](=O)[O-]. The molecule has 0 aliphatic carbocycles. The van der Waals surface area contributed by atoms with Crippen LogP contribution in [0.4, 0.5) is 5.69 Å². The molecule has 100 valence electrons. The van der Waals surface area contributed by atoms with Crippen molar-refractivity contribution in [2.45, 2.75) is 20.0 Å². The van der Waals surface area contributed by atoms with Gasteiger partial charge in [0.15, 0.2) is 0 Å². The Kier molecular flexibility index (Phi) is 4.52. The van der Waals surface area contributed by atoms with Gasteiger partial charge in [-0.25, -0.2) is 0 Å². The van der Waals surface area contributed by atoms with Crippen molar-refractivity contribution in [3.8, 4) is 0 Å². The van der Waals surface area contributed by atoms with Crippen LogP contribution in [0.5, 0.6) is 0 Å². The second-order valence-electron chi connectivity index (χ2n) is 4.16. The Balaban J connectivity index is 2.03. The fourth-order valence-corrected chi connectivity index (χ4v) is 2.79. The summed E-state index contributed by atoms with van der Waals surface area (Å²) in [5.74, 6) is 0. The Labute approximate surface area is 120 Å². The number of rotatable bonds is 5. The summed E-state index contributed by atoms with van der Waals surface area (Å²) in [5, 5.41) is 16.6. The van der Waals surface area contributed by atoms with E-state index >= 15 is 0 Å². The van der Waals surface area contributed by atoms with E-state index in [1.54, 1.807) is 23.5 Å². The molecule has 0 saturated heterocycles. The maximum atomic E-state index is 10.9. The molecule has 4 nitrogen and oxygen atoms in total. The molecule has 0 radical (unpaired) electrons. The van der Waals surface area contributed by atoms with Crippen molar-refractivity contribution in [2.24, 2.45) is 0 Å². The van der Waals surface area contributed by atoms with Crippen LogP contribution in [-0.2, 0) is 13.1 Å². The summed E-state index contributed by atoms with van der Waals surface area (Å²) in [6, 6.07) is 6.80. The zero-order valence-electron chi connectivity index (χ0n) is 10.4. The number of benzene rings is 1. The Bertz CT molecular complexity index is 598. The highest BCUT2D eigenvalue weighted by Crippen LogP contribution is 2.23. The predicted molar refractivity (Wildman–Crippen MR) is 77.7 cm³/mol. The molecule has 19 heavy (non-hydrogen) atoms. The molecular formula is C13H13ClN2O2S. The van der Waals surface area contributed by atoms with Crippen LogP contribution in [0.3, 0.4) is 0 Å². The minimum absolute atomic E-state index is 0.0582. The molecule has 0 saturated carbocycles. The molecule has 0 spiro atoms. The van der Waals surface area contributed by atoms with Crippen LogP contribution in [0.25, 0.3) is 0 Å². The lowest BCUT2D eigenvalue weighted by Gasteiger charge is -2.06. The molecule has 1 aromatic carbocycles. The molecule has 0 fully saturated rings. The van der Waals surface area contributed by atoms with Crippen LogP contribution >= 0.6 is 22.9 Å². The maximum Gasteiger partial charge on any atom is 0.275 e. The van der Waals surface area contributed by atoms with Crippen molar-refractivity contribution in [3.05, 3.63) is 60.8 Å².